The second kappa shape index (κ2) is 23.5. The summed E-state index contributed by atoms with van der Waals surface area (Å²) in [6.07, 6.45) is 7.82. The van der Waals surface area contributed by atoms with Crippen LogP contribution in [0.3, 0.4) is 0 Å². The van der Waals surface area contributed by atoms with Gasteiger partial charge in [-0.2, -0.15) is 0 Å². The average Bonchev–Trinajstić information content (AvgIpc) is 3.48. The van der Waals surface area contributed by atoms with Gasteiger partial charge in [-0.25, -0.2) is 0 Å². The lowest BCUT2D eigenvalue weighted by molar-refractivity contribution is -0.193. The van der Waals surface area contributed by atoms with Gasteiger partial charge in [0.1, 0.15) is 34.6 Å². The Hall–Kier alpha value is -5.40. The summed E-state index contributed by atoms with van der Waals surface area (Å²) in [5, 5.41) is -0.608. The molecule has 3 aliphatic rings. The van der Waals surface area contributed by atoms with E-state index in [2.05, 4.69) is 98.8 Å². The van der Waals surface area contributed by atoms with Gasteiger partial charge in [0.25, 0.3) is 0 Å². The van der Waals surface area contributed by atoms with Gasteiger partial charge in [0.15, 0.2) is 0 Å². The smallest absolute Gasteiger partial charge is 0.318 e. The highest BCUT2D eigenvalue weighted by atomic mass is 35.5. The van der Waals surface area contributed by atoms with E-state index in [1.807, 2.05) is 102 Å². The van der Waals surface area contributed by atoms with Crippen LogP contribution in [0.25, 0.3) is 0 Å². The lowest BCUT2D eigenvalue weighted by atomic mass is 9.78. The molecule has 0 spiro atoms. The molecular formula is C68H75Cl3O6. The van der Waals surface area contributed by atoms with Gasteiger partial charge >= 0.3 is 17.9 Å². The number of esters is 3. The van der Waals surface area contributed by atoms with Crippen molar-refractivity contribution >= 4 is 52.7 Å². The van der Waals surface area contributed by atoms with Crippen LogP contribution >= 0.6 is 34.8 Å². The molecule has 9 heteroatoms. The van der Waals surface area contributed by atoms with Gasteiger partial charge in [-0.05, 0) is 184 Å². The van der Waals surface area contributed by atoms with E-state index in [9.17, 15) is 14.4 Å². The van der Waals surface area contributed by atoms with Crippen molar-refractivity contribution in [3.63, 3.8) is 0 Å². The summed E-state index contributed by atoms with van der Waals surface area (Å²) >= 11 is 21.6. The van der Waals surface area contributed by atoms with E-state index in [-0.39, 0.29) is 63.6 Å². The van der Waals surface area contributed by atoms with Crippen molar-refractivity contribution in [1.29, 1.82) is 0 Å². The van der Waals surface area contributed by atoms with Crippen molar-refractivity contribution in [1.82, 2.24) is 0 Å². The number of alkyl halides is 3. The molecule has 0 saturated carbocycles. The minimum Gasteiger partial charge on any atom is -0.458 e. The van der Waals surface area contributed by atoms with E-state index in [0.717, 1.165) is 91.2 Å². The molecule has 77 heavy (non-hydrogen) atoms. The lowest BCUT2D eigenvalue weighted by Crippen LogP contribution is -2.51. The molecule has 3 fully saturated rings. The largest absolute Gasteiger partial charge is 0.458 e. The highest BCUT2D eigenvalue weighted by molar-refractivity contribution is 6.21. The molecule has 8 atom stereocenters. The number of benzene rings is 6. The third-order valence-corrected chi connectivity index (χ3v) is 17.9. The van der Waals surface area contributed by atoms with E-state index in [1.165, 1.54) is 33.4 Å². The number of hydrogen-bond acceptors (Lipinski definition) is 6. The van der Waals surface area contributed by atoms with Gasteiger partial charge in [-0.1, -0.05) is 159 Å². The van der Waals surface area contributed by atoms with Crippen LogP contribution in [0.15, 0.2) is 146 Å². The third-order valence-electron chi connectivity index (χ3n) is 16.6. The molecule has 9 rings (SSSR count). The minimum absolute atomic E-state index is 0.131. The summed E-state index contributed by atoms with van der Waals surface area (Å²) in [6, 6.07) is 52.0. The van der Waals surface area contributed by atoms with E-state index in [0.29, 0.717) is 5.92 Å². The Kier molecular flexibility index (Phi) is 17.2. The zero-order chi connectivity index (χ0) is 54.8. The SMILES string of the molecule is CC(C)Cc1ccc(CCC(CC(CC(Cl)c2ccc(C3C(=O)OC3(C)C)cc2)c2ccc(CCC(Cl)c3ccc(C4C(=O)OC4(C)C)cc3)cc2)c2ccc(CCC(Cl)c3ccc(C4C(=O)OC4(C)C)cc3)cc2)cc1. The first kappa shape index (κ1) is 56.3. The van der Waals surface area contributed by atoms with Gasteiger partial charge in [0.2, 0.25) is 0 Å². The molecule has 0 bridgehead atoms. The van der Waals surface area contributed by atoms with Crippen LogP contribution in [0.2, 0.25) is 0 Å². The van der Waals surface area contributed by atoms with Crippen LogP contribution in [0.4, 0.5) is 0 Å². The molecule has 3 heterocycles. The molecule has 6 nitrogen and oxygen atoms in total. The van der Waals surface area contributed by atoms with Crippen molar-refractivity contribution in [3.05, 3.63) is 212 Å². The van der Waals surface area contributed by atoms with Crippen LogP contribution in [-0.4, -0.2) is 34.7 Å². The number of aryl methyl sites for hydroxylation is 3. The molecule has 0 N–H and O–H groups in total. The Morgan fingerprint density at radius 3 is 1.01 bits per heavy atom. The molecule has 3 saturated heterocycles. The average molecular weight is 1090 g/mol. The number of hydrogen-bond donors (Lipinski definition) is 0. The standard InChI is InChI=1S/C68H75Cl3O6/c1-42(2)39-46-11-9-43(10-12-46)17-24-55(47-20-13-44(14-21-47)18-37-57(69)49-25-31-52(32-26-49)60-63(72)75-66(60,3)4)40-56(41-59(71)51-29-35-54(36-30-51)62-65(74)77-68(62,7)8)48-22-15-45(16-23-48)19-38-58(70)50-27-33-53(34-28-50)61-64(73)76-67(61,5)6/h9-16,20-23,25-36,42,55-62H,17-19,24,37-41H2,1-8H3. The predicted molar refractivity (Wildman–Crippen MR) is 311 cm³/mol. The molecule has 0 aromatic heterocycles. The number of cyclic esters (lactones) is 3. The molecule has 404 valence electrons. The topological polar surface area (TPSA) is 78.9 Å². The molecule has 0 aliphatic carbocycles. The monoisotopic (exact) mass is 1090 g/mol. The fraction of sp³-hybridized carbons (Fsp3) is 0.426. The van der Waals surface area contributed by atoms with E-state index < -0.39 is 16.8 Å². The van der Waals surface area contributed by atoms with Crippen LogP contribution in [0.1, 0.15) is 200 Å². The number of ether oxygens (including phenoxy) is 3. The number of carbonyl (C=O) groups excluding carboxylic acids is 3. The maximum atomic E-state index is 12.5. The van der Waals surface area contributed by atoms with E-state index in [1.54, 1.807) is 0 Å². The van der Waals surface area contributed by atoms with Crippen molar-refractivity contribution < 1.29 is 28.6 Å². The molecule has 6 aromatic rings. The summed E-state index contributed by atoms with van der Waals surface area (Å²) < 4.78 is 16.2. The molecule has 0 amide bonds. The van der Waals surface area contributed by atoms with Crippen molar-refractivity contribution in [2.24, 2.45) is 5.92 Å². The summed E-state index contributed by atoms with van der Waals surface area (Å²) in [4.78, 5) is 37.0. The van der Waals surface area contributed by atoms with Gasteiger partial charge in [0, 0.05) is 0 Å². The Morgan fingerprint density at radius 1 is 0.377 bits per heavy atom. The zero-order valence-electron chi connectivity index (χ0n) is 46.0. The van der Waals surface area contributed by atoms with Crippen LogP contribution in [0.5, 0.6) is 0 Å². The minimum atomic E-state index is -0.533. The second-order valence-electron chi connectivity index (χ2n) is 24.2. The highest BCUT2D eigenvalue weighted by Gasteiger charge is 2.52. The van der Waals surface area contributed by atoms with Crippen LogP contribution in [-0.2, 0) is 54.3 Å². The summed E-state index contributed by atoms with van der Waals surface area (Å²) in [7, 11) is 0. The normalized spacial score (nSPS) is 21.0. The van der Waals surface area contributed by atoms with Crippen LogP contribution < -0.4 is 0 Å². The Balaban J connectivity index is 0.930. The van der Waals surface area contributed by atoms with Gasteiger partial charge in [0.05, 0.1) is 16.1 Å². The Morgan fingerprint density at radius 2 is 0.675 bits per heavy atom. The van der Waals surface area contributed by atoms with Crippen molar-refractivity contribution in [2.45, 2.75) is 176 Å². The maximum Gasteiger partial charge on any atom is 0.318 e. The summed E-state index contributed by atoms with van der Waals surface area (Å²) in [5.74, 6) is -0.380. The zero-order valence-corrected chi connectivity index (χ0v) is 48.3. The van der Waals surface area contributed by atoms with E-state index >= 15 is 0 Å². The first-order chi connectivity index (χ1) is 36.6. The fourth-order valence-corrected chi connectivity index (χ4v) is 13.0. The van der Waals surface area contributed by atoms with Gasteiger partial charge in [-0.15, -0.1) is 34.8 Å². The van der Waals surface area contributed by atoms with Crippen molar-refractivity contribution in [3.8, 4) is 0 Å². The van der Waals surface area contributed by atoms with Crippen LogP contribution in [0, 0.1) is 5.92 Å². The quantitative estimate of drug-likeness (QED) is 0.0361. The molecule has 8 unspecified atom stereocenters. The number of halogens is 3. The van der Waals surface area contributed by atoms with Gasteiger partial charge < -0.3 is 14.2 Å². The molecule has 0 radical (unpaired) electrons. The number of carbonyl (C=O) groups is 3. The number of rotatable bonds is 23. The highest BCUT2D eigenvalue weighted by Crippen LogP contribution is 2.46. The molecule has 3 aliphatic heterocycles. The molecule has 6 aromatic carbocycles. The first-order valence-corrected chi connectivity index (χ1v) is 29.1. The first-order valence-electron chi connectivity index (χ1n) is 27.8. The summed E-state index contributed by atoms with van der Waals surface area (Å²) in [6.45, 7) is 16.2. The second-order valence-corrected chi connectivity index (χ2v) is 25.7. The Labute approximate surface area is 472 Å². The van der Waals surface area contributed by atoms with Gasteiger partial charge in [-0.3, -0.25) is 14.4 Å². The predicted octanol–water partition coefficient (Wildman–Crippen LogP) is 17.2. The summed E-state index contributed by atoms with van der Waals surface area (Å²) in [5.41, 5.74) is 12.2. The fourth-order valence-electron chi connectivity index (χ4n) is 12.1. The Bertz CT molecular complexity index is 2980. The third kappa shape index (κ3) is 13.2. The molecular weight excluding hydrogens is 1020 g/mol. The van der Waals surface area contributed by atoms with E-state index in [4.69, 9.17) is 49.0 Å². The van der Waals surface area contributed by atoms with Crippen molar-refractivity contribution in [2.75, 3.05) is 0 Å². The lowest BCUT2D eigenvalue weighted by Gasteiger charge is -2.42. The maximum absolute atomic E-state index is 12.5.